The van der Waals surface area contributed by atoms with Gasteiger partial charge in [0.15, 0.2) is 5.65 Å². The minimum Gasteiger partial charge on any atom is -0.348 e. The van der Waals surface area contributed by atoms with Gasteiger partial charge >= 0.3 is 6.18 Å². The number of nitrogens with zero attached hydrogens (tertiary/aromatic N) is 6. The van der Waals surface area contributed by atoms with E-state index in [1.807, 2.05) is 0 Å². The van der Waals surface area contributed by atoms with Gasteiger partial charge in [-0.05, 0) is 25.0 Å². The van der Waals surface area contributed by atoms with E-state index in [1.54, 1.807) is 29.2 Å². The molecule has 1 aromatic carbocycles. The molecule has 0 bridgehead atoms. The van der Waals surface area contributed by atoms with Gasteiger partial charge in [-0.2, -0.15) is 17.7 Å². The fourth-order valence-electron chi connectivity index (χ4n) is 2.90. The van der Waals surface area contributed by atoms with Crippen molar-refractivity contribution in [2.24, 2.45) is 0 Å². The second-order valence-corrected chi connectivity index (χ2v) is 6.23. The molecular weight excluding hydrogens is 365 g/mol. The molecule has 0 unspecified atom stereocenters. The van der Waals surface area contributed by atoms with Gasteiger partial charge in [-0.3, -0.25) is 10.1 Å². The Balaban J connectivity index is 1.74. The highest BCUT2D eigenvalue weighted by atomic mass is 19.4. The van der Waals surface area contributed by atoms with Crippen LogP contribution in [0.25, 0.3) is 5.65 Å². The number of hydrogen-bond acceptors (Lipinski definition) is 6. The Labute approximate surface area is 150 Å². The van der Waals surface area contributed by atoms with Crippen LogP contribution in [-0.4, -0.2) is 30.8 Å². The molecule has 0 spiro atoms. The first-order valence-corrected chi connectivity index (χ1v) is 8.13. The lowest BCUT2D eigenvalue weighted by Crippen LogP contribution is -2.27. The Kier molecular flexibility index (Phi) is 3.93. The summed E-state index contributed by atoms with van der Waals surface area (Å²) in [4.78, 5) is 12.6. The molecule has 140 valence electrons. The summed E-state index contributed by atoms with van der Waals surface area (Å²) in [7, 11) is 0. The molecule has 27 heavy (non-hydrogen) atoms. The van der Waals surface area contributed by atoms with Crippen LogP contribution in [0, 0.1) is 10.1 Å². The molecule has 1 aliphatic carbocycles. The Bertz CT molecular complexity index is 1010. The van der Waals surface area contributed by atoms with Crippen LogP contribution in [0.3, 0.4) is 0 Å². The normalized spacial score (nSPS) is 14.5. The summed E-state index contributed by atoms with van der Waals surface area (Å²) in [6.45, 7) is 0.170. The summed E-state index contributed by atoms with van der Waals surface area (Å²) in [5, 5.41) is 22.0. The number of fused-ring (bicyclic) bond motifs is 1. The predicted molar refractivity (Wildman–Crippen MR) is 88.1 cm³/mol. The number of nitro benzene ring substituents is 1. The molecule has 3 aromatic rings. The summed E-state index contributed by atoms with van der Waals surface area (Å²) in [6, 6.07) is 9.31. The Morgan fingerprint density at radius 1 is 1.19 bits per heavy atom. The summed E-state index contributed by atoms with van der Waals surface area (Å²) < 4.78 is 39.9. The lowest BCUT2D eigenvalue weighted by molar-refractivity contribution is -0.385. The standard InChI is InChI=1S/C16H13F3N6O2/c17-16(18,19)15-21-20-13-7-8-14(22-24(13)15)23(11-5-6-11)9-10-3-1-2-4-12(10)25(26)27/h1-4,7-8,11H,5-6,9H2. The molecule has 0 aliphatic heterocycles. The van der Waals surface area contributed by atoms with E-state index in [4.69, 9.17) is 0 Å². The van der Waals surface area contributed by atoms with Gasteiger partial charge in [-0.1, -0.05) is 18.2 Å². The molecule has 4 rings (SSSR count). The molecule has 2 heterocycles. The summed E-state index contributed by atoms with van der Waals surface area (Å²) in [5.74, 6) is -0.922. The van der Waals surface area contributed by atoms with Crippen LogP contribution >= 0.6 is 0 Å². The van der Waals surface area contributed by atoms with Crippen molar-refractivity contribution in [2.45, 2.75) is 31.6 Å². The van der Waals surface area contributed by atoms with E-state index in [9.17, 15) is 23.3 Å². The van der Waals surface area contributed by atoms with E-state index in [1.165, 1.54) is 12.1 Å². The number of para-hydroxylation sites is 1. The number of alkyl halides is 3. The summed E-state index contributed by atoms with van der Waals surface area (Å²) in [6.07, 6.45) is -3.00. The van der Waals surface area contributed by atoms with Crippen molar-refractivity contribution in [2.75, 3.05) is 4.90 Å². The van der Waals surface area contributed by atoms with Crippen LogP contribution < -0.4 is 4.90 Å². The lowest BCUT2D eigenvalue weighted by atomic mass is 10.1. The number of aromatic nitrogens is 4. The van der Waals surface area contributed by atoms with Gasteiger partial charge in [-0.15, -0.1) is 15.3 Å². The molecule has 11 heteroatoms. The van der Waals surface area contributed by atoms with Crippen LogP contribution in [-0.2, 0) is 12.7 Å². The molecule has 0 radical (unpaired) electrons. The highest BCUT2D eigenvalue weighted by Crippen LogP contribution is 2.34. The Hall–Kier alpha value is -3.24. The molecule has 8 nitrogen and oxygen atoms in total. The average molecular weight is 378 g/mol. The van der Waals surface area contributed by atoms with Crippen molar-refractivity contribution in [3.8, 4) is 0 Å². The fraction of sp³-hybridized carbons (Fsp3) is 0.312. The minimum absolute atomic E-state index is 0.0208. The number of rotatable bonds is 5. The van der Waals surface area contributed by atoms with Gasteiger partial charge in [-0.25, -0.2) is 0 Å². The van der Waals surface area contributed by atoms with Crippen molar-refractivity contribution < 1.29 is 18.1 Å². The minimum atomic E-state index is -4.69. The maximum atomic E-state index is 13.1. The smallest absolute Gasteiger partial charge is 0.348 e. The van der Waals surface area contributed by atoms with Gasteiger partial charge < -0.3 is 4.90 Å². The zero-order valence-corrected chi connectivity index (χ0v) is 13.8. The van der Waals surface area contributed by atoms with Crippen molar-refractivity contribution in [3.05, 3.63) is 57.9 Å². The first-order valence-electron chi connectivity index (χ1n) is 8.13. The maximum Gasteiger partial charge on any atom is 0.453 e. The van der Waals surface area contributed by atoms with E-state index in [-0.39, 0.29) is 29.7 Å². The van der Waals surface area contributed by atoms with Crippen LogP contribution in [0.4, 0.5) is 24.7 Å². The molecule has 0 saturated heterocycles. The monoisotopic (exact) mass is 378 g/mol. The van der Waals surface area contributed by atoms with E-state index < -0.39 is 16.9 Å². The zero-order chi connectivity index (χ0) is 19.2. The third-order valence-electron chi connectivity index (χ3n) is 4.31. The molecule has 0 atom stereocenters. The van der Waals surface area contributed by atoms with Gasteiger partial charge in [0.1, 0.15) is 5.82 Å². The van der Waals surface area contributed by atoms with E-state index in [0.29, 0.717) is 10.1 Å². The zero-order valence-electron chi connectivity index (χ0n) is 13.8. The third kappa shape index (κ3) is 3.27. The van der Waals surface area contributed by atoms with Crippen LogP contribution in [0.2, 0.25) is 0 Å². The van der Waals surface area contributed by atoms with Gasteiger partial charge in [0.2, 0.25) is 0 Å². The van der Waals surface area contributed by atoms with Crippen LogP contribution in [0.15, 0.2) is 36.4 Å². The van der Waals surface area contributed by atoms with Crippen molar-refractivity contribution in [1.82, 2.24) is 19.8 Å². The third-order valence-corrected chi connectivity index (χ3v) is 4.31. The molecule has 0 N–H and O–H groups in total. The highest BCUT2D eigenvalue weighted by molar-refractivity contribution is 5.50. The SMILES string of the molecule is O=[N+]([O-])c1ccccc1CN(c1ccc2nnc(C(F)(F)F)n2n1)C1CC1. The number of nitro groups is 1. The second kappa shape index (κ2) is 6.18. The van der Waals surface area contributed by atoms with Crippen LogP contribution in [0.1, 0.15) is 24.2 Å². The van der Waals surface area contributed by atoms with E-state index in [0.717, 1.165) is 12.8 Å². The highest BCUT2D eigenvalue weighted by Gasteiger charge is 2.38. The van der Waals surface area contributed by atoms with E-state index >= 15 is 0 Å². The summed E-state index contributed by atoms with van der Waals surface area (Å²) >= 11 is 0. The largest absolute Gasteiger partial charge is 0.453 e. The Morgan fingerprint density at radius 2 is 1.93 bits per heavy atom. The van der Waals surface area contributed by atoms with Gasteiger partial charge in [0.05, 0.1) is 11.5 Å². The fourth-order valence-corrected chi connectivity index (χ4v) is 2.90. The van der Waals surface area contributed by atoms with Crippen molar-refractivity contribution in [3.63, 3.8) is 0 Å². The number of hydrogen-bond donors (Lipinski definition) is 0. The molecule has 1 saturated carbocycles. The number of halogens is 3. The van der Waals surface area contributed by atoms with Crippen LogP contribution in [0.5, 0.6) is 0 Å². The first-order chi connectivity index (χ1) is 12.8. The van der Waals surface area contributed by atoms with Gasteiger partial charge in [0, 0.05) is 17.7 Å². The number of benzene rings is 1. The molecule has 0 amide bonds. The van der Waals surface area contributed by atoms with E-state index in [2.05, 4.69) is 15.3 Å². The molecular formula is C16H13F3N6O2. The first kappa shape index (κ1) is 17.2. The second-order valence-electron chi connectivity index (χ2n) is 6.23. The van der Waals surface area contributed by atoms with Crippen molar-refractivity contribution >= 4 is 17.2 Å². The lowest BCUT2D eigenvalue weighted by Gasteiger charge is -2.23. The maximum absolute atomic E-state index is 13.1. The average Bonchev–Trinajstić information content (AvgIpc) is 3.36. The molecule has 1 aliphatic rings. The summed E-state index contributed by atoms with van der Waals surface area (Å²) in [5.41, 5.74) is 0.410. The quantitative estimate of drug-likeness (QED) is 0.500. The van der Waals surface area contributed by atoms with Gasteiger partial charge in [0.25, 0.3) is 11.5 Å². The molecule has 1 fully saturated rings. The number of anilines is 1. The van der Waals surface area contributed by atoms with Crippen molar-refractivity contribution in [1.29, 1.82) is 0 Å². The Morgan fingerprint density at radius 3 is 2.59 bits per heavy atom. The molecule has 2 aromatic heterocycles. The predicted octanol–water partition coefficient (Wildman–Crippen LogP) is 3.22. The topological polar surface area (TPSA) is 89.5 Å².